The van der Waals surface area contributed by atoms with Gasteiger partial charge >= 0.3 is 0 Å². The van der Waals surface area contributed by atoms with Gasteiger partial charge in [-0.2, -0.15) is 0 Å². The molecule has 0 spiro atoms. The lowest BCUT2D eigenvalue weighted by Gasteiger charge is -2.11. The average Bonchev–Trinajstić information content (AvgIpc) is 2.37. The van der Waals surface area contributed by atoms with E-state index in [1.165, 1.54) is 6.07 Å². The molecule has 0 amide bonds. The predicted molar refractivity (Wildman–Crippen MR) is 76.0 cm³/mol. The molecule has 0 heterocycles. The van der Waals surface area contributed by atoms with Gasteiger partial charge in [0, 0.05) is 23.1 Å². The average molecular weight is 277 g/mol. The Bertz CT molecular complexity index is 708. The molecule has 2 aromatic rings. The quantitative estimate of drug-likeness (QED) is 0.874. The highest BCUT2D eigenvalue weighted by molar-refractivity contribution is 7.90. The van der Waals surface area contributed by atoms with Crippen LogP contribution in [-0.2, 0) is 9.84 Å². The first-order valence-corrected chi connectivity index (χ1v) is 7.55. The Morgan fingerprint density at radius 2 is 1.74 bits per heavy atom. The number of nitrogens with two attached hydrogens (primary N) is 1. The van der Waals surface area contributed by atoms with Gasteiger partial charge in [-0.3, -0.25) is 0 Å². The lowest BCUT2D eigenvalue weighted by Crippen LogP contribution is -2.00. The van der Waals surface area contributed by atoms with Crippen molar-refractivity contribution in [1.29, 1.82) is 0 Å². The molecule has 0 fully saturated rings. The van der Waals surface area contributed by atoms with E-state index in [-0.39, 0.29) is 4.90 Å². The second-order valence-corrected chi connectivity index (χ2v) is 6.24. The van der Waals surface area contributed by atoms with E-state index in [2.05, 4.69) is 0 Å². The molecule has 2 aromatic carbocycles. The van der Waals surface area contributed by atoms with E-state index in [9.17, 15) is 8.42 Å². The van der Waals surface area contributed by atoms with Crippen LogP contribution in [0.5, 0.6) is 5.75 Å². The van der Waals surface area contributed by atoms with Crippen molar-refractivity contribution in [2.75, 3.05) is 19.1 Å². The molecular weight excluding hydrogens is 262 g/mol. The SMILES string of the molecule is COc1ccccc1-c1ccc(S(C)(=O)=O)cc1N. The fourth-order valence-electron chi connectivity index (χ4n) is 1.88. The minimum atomic E-state index is -3.25. The number of para-hydroxylation sites is 1. The van der Waals surface area contributed by atoms with Crippen LogP contribution in [0.15, 0.2) is 47.4 Å². The van der Waals surface area contributed by atoms with Crippen molar-refractivity contribution < 1.29 is 13.2 Å². The van der Waals surface area contributed by atoms with Crippen LogP contribution in [-0.4, -0.2) is 21.8 Å². The molecule has 2 rings (SSSR count). The number of benzene rings is 2. The van der Waals surface area contributed by atoms with E-state index >= 15 is 0 Å². The molecule has 0 aromatic heterocycles. The number of sulfone groups is 1. The van der Waals surface area contributed by atoms with Crippen LogP contribution < -0.4 is 10.5 Å². The van der Waals surface area contributed by atoms with E-state index in [1.54, 1.807) is 19.2 Å². The summed E-state index contributed by atoms with van der Waals surface area (Å²) in [4.78, 5) is 0.212. The summed E-state index contributed by atoms with van der Waals surface area (Å²) in [6, 6.07) is 12.2. The molecule has 0 aliphatic rings. The van der Waals surface area contributed by atoms with Crippen LogP contribution in [0.2, 0.25) is 0 Å². The van der Waals surface area contributed by atoms with Crippen LogP contribution in [0.4, 0.5) is 5.69 Å². The molecule has 0 bridgehead atoms. The Kier molecular flexibility index (Phi) is 3.48. The molecule has 4 nitrogen and oxygen atoms in total. The van der Waals surface area contributed by atoms with Gasteiger partial charge in [0.2, 0.25) is 0 Å². The van der Waals surface area contributed by atoms with Crippen molar-refractivity contribution in [3.05, 3.63) is 42.5 Å². The summed E-state index contributed by atoms with van der Waals surface area (Å²) < 4.78 is 28.2. The Morgan fingerprint density at radius 1 is 1.05 bits per heavy atom. The molecule has 5 heteroatoms. The zero-order chi connectivity index (χ0) is 14.0. The second kappa shape index (κ2) is 4.93. The molecule has 0 aliphatic carbocycles. The third-order valence-corrected chi connectivity index (χ3v) is 3.96. The third-order valence-electron chi connectivity index (χ3n) is 2.85. The minimum Gasteiger partial charge on any atom is -0.496 e. The number of nitrogen functional groups attached to an aromatic ring is 1. The lowest BCUT2D eigenvalue weighted by molar-refractivity contribution is 0.416. The van der Waals surface area contributed by atoms with Crippen molar-refractivity contribution in [3.63, 3.8) is 0 Å². The van der Waals surface area contributed by atoms with E-state index in [0.717, 1.165) is 17.4 Å². The summed E-state index contributed by atoms with van der Waals surface area (Å²) in [5, 5.41) is 0. The van der Waals surface area contributed by atoms with E-state index in [4.69, 9.17) is 10.5 Å². The van der Waals surface area contributed by atoms with Gasteiger partial charge in [-0.15, -0.1) is 0 Å². The molecule has 0 atom stereocenters. The number of anilines is 1. The highest BCUT2D eigenvalue weighted by Crippen LogP contribution is 2.34. The van der Waals surface area contributed by atoms with Gasteiger partial charge in [0.1, 0.15) is 5.75 Å². The highest BCUT2D eigenvalue weighted by Gasteiger charge is 2.12. The third kappa shape index (κ3) is 2.71. The minimum absolute atomic E-state index is 0.212. The molecule has 19 heavy (non-hydrogen) atoms. The number of hydrogen-bond acceptors (Lipinski definition) is 4. The molecule has 0 saturated carbocycles. The fourth-order valence-corrected chi connectivity index (χ4v) is 2.54. The van der Waals surface area contributed by atoms with Crippen LogP contribution in [0.25, 0.3) is 11.1 Å². The topological polar surface area (TPSA) is 69.4 Å². The smallest absolute Gasteiger partial charge is 0.175 e. The van der Waals surface area contributed by atoms with Gasteiger partial charge in [0.05, 0.1) is 12.0 Å². The van der Waals surface area contributed by atoms with Crippen molar-refractivity contribution in [2.45, 2.75) is 4.90 Å². The number of hydrogen-bond donors (Lipinski definition) is 1. The molecular formula is C14H15NO3S. The van der Waals surface area contributed by atoms with E-state index < -0.39 is 9.84 Å². The first kappa shape index (κ1) is 13.4. The van der Waals surface area contributed by atoms with Gasteiger partial charge in [0.25, 0.3) is 0 Å². The van der Waals surface area contributed by atoms with Crippen molar-refractivity contribution in [3.8, 4) is 16.9 Å². The first-order valence-electron chi connectivity index (χ1n) is 5.66. The summed E-state index contributed by atoms with van der Waals surface area (Å²) in [5.41, 5.74) is 7.95. The number of methoxy groups -OCH3 is 1. The van der Waals surface area contributed by atoms with Crippen molar-refractivity contribution in [2.24, 2.45) is 0 Å². The van der Waals surface area contributed by atoms with Crippen LogP contribution >= 0.6 is 0 Å². The zero-order valence-corrected chi connectivity index (χ0v) is 11.6. The molecule has 0 radical (unpaired) electrons. The monoisotopic (exact) mass is 277 g/mol. The number of ether oxygens (including phenoxy) is 1. The highest BCUT2D eigenvalue weighted by atomic mass is 32.2. The Hall–Kier alpha value is -2.01. The van der Waals surface area contributed by atoms with Gasteiger partial charge in [0.15, 0.2) is 9.84 Å². The van der Waals surface area contributed by atoms with Gasteiger partial charge in [-0.1, -0.05) is 24.3 Å². The van der Waals surface area contributed by atoms with Crippen LogP contribution in [0, 0.1) is 0 Å². The van der Waals surface area contributed by atoms with E-state index in [0.29, 0.717) is 11.4 Å². The summed E-state index contributed by atoms with van der Waals surface area (Å²) in [6.45, 7) is 0. The summed E-state index contributed by atoms with van der Waals surface area (Å²) in [7, 11) is -1.67. The van der Waals surface area contributed by atoms with Crippen molar-refractivity contribution in [1.82, 2.24) is 0 Å². The largest absolute Gasteiger partial charge is 0.496 e. The Morgan fingerprint density at radius 3 is 2.32 bits per heavy atom. The lowest BCUT2D eigenvalue weighted by atomic mass is 10.0. The summed E-state index contributed by atoms with van der Waals surface area (Å²) in [6.07, 6.45) is 1.16. The first-order chi connectivity index (χ1) is 8.93. The summed E-state index contributed by atoms with van der Waals surface area (Å²) >= 11 is 0. The molecule has 0 unspecified atom stereocenters. The molecule has 0 aliphatic heterocycles. The summed E-state index contributed by atoms with van der Waals surface area (Å²) in [5.74, 6) is 0.696. The van der Waals surface area contributed by atoms with Crippen LogP contribution in [0.3, 0.4) is 0 Å². The maximum Gasteiger partial charge on any atom is 0.175 e. The number of rotatable bonds is 3. The Balaban J connectivity index is 2.59. The maximum absolute atomic E-state index is 11.5. The van der Waals surface area contributed by atoms with E-state index in [1.807, 2.05) is 24.3 Å². The second-order valence-electron chi connectivity index (χ2n) is 4.22. The molecule has 0 saturated heterocycles. The van der Waals surface area contributed by atoms with Gasteiger partial charge in [-0.05, 0) is 18.2 Å². The normalized spacial score (nSPS) is 11.3. The Labute approximate surface area is 112 Å². The predicted octanol–water partition coefficient (Wildman–Crippen LogP) is 2.35. The standard InChI is InChI=1S/C14H15NO3S/c1-18-14-6-4-3-5-12(14)11-8-7-10(9-13(11)15)19(2,16)17/h3-9H,15H2,1-2H3. The van der Waals surface area contributed by atoms with Gasteiger partial charge < -0.3 is 10.5 Å². The maximum atomic E-state index is 11.5. The zero-order valence-electron chi connectivity index (χ0n) is 10.8. The van der Waals surface area contributed by atoms with Gasteiger partial charge in [-0.25, -0.2) is 8.42 Å². The molecule has 100 valence electrons. The molecule has 2 N–H and O–H groups in total. The van der Waals surface area contributed by atoms with Crippen molar-refractivity contribution >= 4 is 15.5 Å². The fraction of sp³-hybridized carbons (Fsp3) is 0.143. The van der Waals surface area contributed by atoms with Crippen LogP contribution in [0.1, 0.15) is 0 Å².